The van der Waals surface area contributed by atoms with Gasteiger partial charge >= 0.3 is 0 Å². The fraction of sp³-hybridized carbons (Fsp3) is 0.529. The van der Waals surface area contributed by atoms with Crippen LogP contribution in [0.1, 0.15) is 57.9 Å². The minimum absolute atomic E-state index is 0.0292. The van der Waals surface area contributed by atoms with Crippen LogP contribution in [0.25, 0.3) is 0 Å². The van der Waals surface area contributed by atoms with E-state index in [9.17, 15) is 9.59 Å². The van der Waals surface area contributed by atoms with Crippen LogP contribution in [0.2, 0.25) is 0 Å². The third kappa shape index (κ3) is 3.90. The van der Waals surface area contributed by atoms with E-state index < -0.39 is 0 Å². The van der Waals surface area contributed by atoms with Crippen molar-refractivity contribution in [2.24, 2.45) is 0 Å². The number of thiophene rings is 1. The number of Topliss-reactive ketones (excluding diaryl/α,β-unsaturated/α-hetero) is 1. The molecule has 0 spiro atoms. The van der Waals surface area contributed by atoms with E-state index >= 15 is 0 Å². The Morgan fingerprint density at radius 3 is 2.83 bits per heavy atom. The van der Waals surface area contributed by atoms with Crippen LogP contribution in [-0.4, -0.2) is 39.8 Å². The van der Waals surface area contributed by atoms with Gasteiger partial charge in [0.05, 0.1) is 4.88 Å². The molecule has 3 heterocycles. The Labute approximate surface area is 144 Å². The van der Waals surface area contributed by atoms with Crippen LogP contribution in [0.3, 0.4) is 0 Å². The van der Waals surface area contributed by atoms with E-state index in [0.717, 1.165) is 29.1 Å². The molecule has 1 amide bonds. The molecule has 0 saturated carbocycles. The van der Waals surface area contributed by atoms with Crippen molar-refractivity contribution in [3.63, 3.8) is 0 Å². The highest BCUT2D eigenvalue weighted by Gasteiger charge is 2.27. The molecular weight excluding hydrogens is 326 g/mol. The number of hydrogen-bond acceptors (Lipinski definition) is 6. The molecular formula is C17H21N3O3S. The minimum Gasteiger partial charge on any atom is -0.342 e. The summed E-state index contributed by atoms with van der Waals surface area (Å²) in [7, 11) is 0. The Bertz CT molecular complexity index is 737. The van der Waals surface area contributed by atoms with Crippen molar-refractivity contribution in [1.29, 1.82) is 0 Å². The van der Waals surface area contributed by atoms with Gasteiger partial charge in [-0.2, -0.15) is 4.98 Å². The number of aromatic nitrogens is 2. The van der Waals surface area contributed by atoms with Crippen LogP contribution in [0, 0.1) is 13.8 Å². The minimum atomic E-state index is 0.0292. The topological polar surface area (TPSA) is 76.3 Å². The van der Waals surface area contributed by atoms with E-state index in [2.05, 4.69) is 10.1 Å². The lowest BCUT2D eigenvalue weighted by Gasteiger charge is -2.31. The molecule has 24 heavy (non-hydrogen) atoms. The van der Waals surface area contributed by atoms with E-state index in [-0.39, 0.29) is 30.4 Å². The average Bonchev–Trinajstić information content (AvgIpc) is 3.21. The molecule has 0 N–H and O–H groups in total. The second kappa shape index (κ2) is 7.25. The second-order valence-corrected chi connectivity index (χ2v) is 7.47. The van der Waals surface area contributed by atoms with Crippen molar-refractivity contribution in [3.05, 3.63) is 33.6 Å². The summed E-state index contributed by atoms with van der Waals surface area (Å²) in [6, 6.07) is 3.77. The number of nitrogens with zero attached hydrogens (tertiary/aromatic N) is 3. The average molecular weight is 347 g/mol. The number of carbonyl (C=O) groups is 2. The van der Waals surface area contributed by atoms with Gasteiger partial charge in [-0.1, -0.05) is 5.16 Å². The quantitative estimate of drug-likeness (QED) is 0.777. The summed E-state index contributed by atoms with van der Waals surface area (Å²) < 4.78 is 5.04. The lowest BCUT2D eigenvalue weighted by atomic mass is 9.97. The van der Waals surface area contributed by atoms with Gasteiger partial charge in [0.25, 0.3) is 0 Å². The molecule has 0 aliphatic carbocycles. The van der Waals surface area contributed by atoms with E-state index in [4.69, 9.17) is 4.52 Å². The number of likely N-dealkylation sites (tertiary alicyclic amines) is 1. The molecule has 2 aromatic heterocycles. The monoisotopic (exact) mass is 347 g/mol. The molecule has 1 saturated heterocycles. The van der Waals surface area contributed by atoms with Gasteiger partial charge in [-0.25, -0.2) is 0 Å². The Kier molecular flexibility index (Phi) is 5.08. The first-order chi connectivity index (χ1) is 11.5. The lowest BCUT2D eigenvalue weighted by molar-refractivity contribution is -0.132. The standard InChI is InChI=1S/C17H21N3O3S/c1-11-5-7-15(24-11)14(21)6-8-16(22)20-9-3-4-13(10-20)17-18-12(2)23-19-17/h5,7,13H,3-4,6,8-10H2,1-2H3. The zero-order valence-corrected chi connectivity index (χ0v) is 14.8. The molecule has 0 radical (unpaired) electrons. The van der Waals surface area contributed by atoms with Crippen LogP contribution in [0.4, 0.5) is 0 Å². The summed E-state index contributed by atoms with van der Waals surface area (Å²) in [5.74, 6) is 1.42. The van der Waals surface area contributed by atoms with Crippen LogP contribution < -0.4 is 0 Å². The number of rotatable bonds is 5. The molecule has 1 atom stereocenters. The molecule has 2 aromatic rings. The summed E-state index contributed by atoms with van der Waals surface area (Å²) in [6.45, 7) is 5.07. The van der Waals surface area contributed by atoms with Gasteiger partial charge in [-0.15, -0.1) is 11.3 Å². The van der Waals surface area contributed by atoms with Crippen molar-refractivity contribution in [1.82, 2.24) is 15.0 Å². The summed E-state index contributed by atoms with van der Waals surface area (Å²) in [6.07, 6.45) is 2.40. The van der Waals surface area contributed by atoms with Crippen molar-refractivity contribution in [2.45, 2.75) is 45.4 Å². The van der Waals surface area contributed by atoms with Gasteiger partial charge in [0.1, 0.15) is 0 Å². The predicted octanol–water partition coefficient (Wildman–Crippen LogP) is 3.12. The number of aryl methyl sites for hydroxylation is 2. The molecule has 1 aliphatic heterocycles. The largest absolute Gasteiger partial charge is 0.342 e. The maximum absolute atomic E-state index is 12.4. The van der Waals surface area contributed by atoms with Crippen LogP contribution in [0.5, 0.6) is 0 Å². The Morgan fingerprint density at radius 2 is 2.17 bits per heavy atom. The number of piperidine rings is 1. The predicted molar refractivity (Wildman–Crippen MR) is 90.2 cm³/mol. The SMILES string of the molecule is Cc1nc(C2CCCN(C(=O)CCC(=O)c3ccc(C)s3)C2)no1. The summed E-state index contributed by atoms with van der Waals surface area (Å²) in [4.78, 5) is 32.5. The highest BCUT2D eigenvalue weighted by molar-refractivity contribution is 7.14. The van der Waals surface area contributed by atoms with Crippen LogP contribution in [0.15, 0.2) is 16.7 Å². The molecule has 1 fully saturated rings. The highest BCUT2D eigenvalue weighted by Crippen LogP contribution is 2.25. The summed E-state index contributed by atoms with van der Waals surface area (Å²) in [5.41, 5.74) is 0. The normalized spacial score (nSPS) is 17.9. The molecule has 7 heteroatoms. The van der Waals surface area contributed by atoms with Crippen molar-refractivity contribution >= 4 is 23.0 Å². The molecule has 3 rings (SSSR count). The van der Waals surface area contributed by atoms with E-state index in [0.29, 0.717) is 18.3 Å². The summed E-state index contributed by atoms with van der Waals surface area (Å²) >= 11 is 1.48. The van der Waals surface area contributed by atoms with Crippen molar-refractivity contribution in [2.75, 3.05) is 13.1 Å². The fourth-order valence-corrected chi connectivity index (χ4v) is 3.82. The zero-order chi connectivity index (χ0) is 17.1. The van der Waals surface area contributed by atoms with Gasteiger partial charge in [-0.3, -0.25) is 9.59 Å². The molecule has 0 bridgehead atoms. The zero-order valence-electron chi connectivity index (χ0n) is 13.9. The molecule has 128 valence electrons. The van der Waals surface area contributed by atoms with Crippen LogP contribution in [-0.2, 0) is 4.79 Å². The molecule has 1 aliphatic rings. The van der Waals surface area contributed by atoms with E-state index in [1.165, 1.54) is 11.3 Å². The second-order valence-electron chi connectivity index (χ2n) is 6.18. The lowest BCUT2D eigenvalue weighted by Crippen LogP contribution is -2.39. The Hall–Kier alpha value is -2.02. The van der Waals surface area contributed by atoms with Gasteiger partial charge < -0.3 is 9.42 Å². The van der Waals surface area contributed by atoms with Gasteiger partial charge in [0.15, 0.2) is 11.6 Å². The maximum Gasteiger partial charge on any atom is 0.223 e. The van der Waals surface area contributed by atoms with Gasteiger partial charge in [0, 0.05) is 43.6 Å². The first-order valence-electron chi connectivity index (χ1n) is 8.20. The number of hydrogen-bond donors (Lipinski definition) is 0. The van der Waals surface area contributed by atoms with Crippen molar-refractivity contribution in [3.8, 4) is 0 Å². The van der Waals surface area contributed by atoms with E-state index in [1.54, 1.807) is 6.92 Å². The third-order valence-corrected chi connectivity index (χ3v) is 5.31. The number of ketones is 1. The Morgan fingerprint density at radius 1 is 1.33 bits per heavy atom. The Balaban J connectivity index is 1.53. The number of carbonyl (C=O) groups excluding carboxylic acids is 2. The molecule has 1 unspecified atom stereocenters. The number of amides is 1. The first kappa shape index (κ1) is 16.8. The van der Waals surface area contributed by atoms with Gasteiger partial charge in [0.2, 0.25) is 11.8 Å². The smallest absolute Gasteiger partial charge is 0.223 e. The van der Waals surface area contributed by atoms with Gasteiger partial charge in [-0.05, 0) is 31.9 Å². The van der Waals surface area contributed by atoms with Crippen LogP contribution >= 0.6 is 11.3 Å². The molecule has 6 nitrogen and oxygen atoms in total. The van der Waals surface area contributed by atoms with E-state index in [1.807, 2.05) is 24.0 Å². The first-order valence-corrected chi connectivity index (χ1v) is 9.02. The summed E-state index contributed by atoms with van der Waals surface area (Å²) in [5, 5.41) is 3.97. The third-order valence-electron chi connectivity index (χ3n) is 4.26. The molecule has 0 aromatic carbocycles. The highest BCUT2D eigenvalue weighted by atomic mass is 32.1. The fourth-order valence-electron chi connectivity index (χ4n) is 2.98. The maximum atomic E-state index is 12.4. The van der Waals surface area contributed by atoms with Crippen molar-refractivity contribution < 1.29 is 14.1 Å².